The number of anilines is 1. The summed E-state index contributed by atoms with van der Waals surface area (Å²) < 4.78 is 2.23. The van der Waals surface area contributed by atoms with E-state index >= 15 is 0 Å². The third-order valence-corrected chi connectivity index (χ3v) is 2.79. The van der Waals surface area contributed by atoms with Gasteiger partial charge in [-0.1, -0.05) is 13.3 Å². The fourth-order valence-corrected chi connectivity index (χ4v) is 1.78. The smallest absolute Gasteiger partial charge is 0.241 e. The summed E-state index contributed by atoms with van der Waals surface area (Å²) in [5, 5.41) is 6.89. The Kier molecular flexibility index (Phi) is 4.79. The molecule has 1 aromatic rings. The Morgan fingerprint density at radius 1 is 1.75 bits per heavy atom. The number of nitrogens with one attached hydrogen (secondary N) is 1. The van der Waals surface area contributed by atoms with Gasteiger partial charge in [-0.25, -0.2) is 0 Å². The van der Waals surface area contributed by atoms with Crippen molar-refractivity contribution in [3.63, 3.8) is 0 Å². The lowest BCUT2D eigenvalue weighted by Crippen LogP contribution is -2.35. The summed E-state index contributed by atoms with van der Waals surface area (Å²) in [6.45, 7) is 4.28. The summed E-state index contributed by atoms with van der Waals surface area (Å²) in [5.74, 6) is 0.352. The molecular formula is C10H17BrN4O. The third-order valence-electron chi connectivity index (χ3n) is 2.18. The van der Waals surface area contributed by atoms with Crippen LogP contribution in [0.5, 0.6) is 0 Å². The van der Waals surface area contributed by atoms with Crippen molar-refractivity contribution in [1.82, 2.24) is 15.1 Å². The van der Waals surface area contributed by atoms with Crippen molar-refractivity contribution < 1.29 is 4.79 Å². The maximum absolute atomic E-state index is 11.6. The van der Waals surface area contributed by atoms with Gasteiger partial charge in [0.2, 0.25) is 5.91 Å². The first-order chi connectivity index (χ1) is 7.52. The second-order valence-corrected chi connectivity index (χ2v) is 4.67. The Labute approximate surface area is 104 Å². The van der Waals surface area contributed by atoms with E-state index in [1.165, 1.54) is 4.68 Å². The lowest BCUT2D eigenvalue weighted by atomic mass is 10.2. The number of carbonyl (C=O) groups excluding carboxylic acids is 1. The van der Waals surface area contributed by atoms with Crippen molar-refractivity contribution in [3.05, 3.63) is 10.7 Å². The number of hydrogen-bond acceptors (Lipinski definition) is 3. The van der Waals surface area contributed by atoms with E-state index in [1.807, 2.05) is 6.92 Å². The monoisotopic (exact) mass is 288 g/mol. The first-order valence-corrected chi connectivity index (χ1v) is 6.10. The normalized spacial score (nSPS) is 12.4. The predicted octanol–water partition coefficient (Wildman–Crippen LogP) is 1.53. The molecule has 0 bridgehead atoms. The van der Waals surface area contributed by atoms with Gasteiger partial charge in [0.15, 0.2) is 5.82 Å². The number of hydrogen-bond donors (Lipinski definition) is 2. The highest BCUT2D eigenvalue weighted by Gasteiger charge is 2.09. The molecule has 1 rings (SSSR count). The van der Waals surface area contributed by atoms with Gasteiger partial charge >= 0.3 is 0 Å². The van der Waals surface area contributed by atoms with Crippen molar-refractivity contribution in [2.45, 2.75) is 39.3 Å². The minimum Gasteiger partial charge on any atom is -0.381 e. The van der Waals surface area contributed by atoms with Crippen LogP contribution in [-0.2, 0) is 11.3 Å². The van der Waals surface area contributed by atoms with Crippen LogP contribution >= 0.6 is 15.9 Å². The highest BCUT2D eigenvalue weighted by molar-refractivity contribution is 9.10. The van der Waals surface area contributed by atoms with Gasteiger partial charge in [-0.15, -0.1) is 0 Å². The first kappa shape index (κ1) is 13.0. The largest absolute Gasteiger partial charge is 0.381 e. The van der Waals surface area contributed by atoms with Gasteiger partial charge in [0.25, 0.3) is 0 Å². The minimum absolute atomic E-state index is 0.0454. The van der Waals surface area contributed by atoms with E-state index in [9.17, 15) is 4.79 Å². The van der Waals surface area contributed by atoms with E-state index in [2.05, 4.69) is 33.3 Å². The summed E-state index contributed by atoms with van der Waals surface area (Å²) >= 11 is 3.24. The molecule has 0 saturated carbocycles. The summed E-state index contributed by atoms with van der Waals surface area (Å²) in [4.78, 5) is 11.6. The van der Waals surface area contributed by atoms with Crippen LogP contribution in [0.25, 0.3) is 0 Å². The highest BCUT2D eigenvalue weighted by Crippen LogP contribution is 2.15. The average molecular weight is 289 g/mol. The number of carbonyl (C=O) groups is 1. The maximum atomic E-state index is 11.6. The van der Waals surface area contributed by atoms with Crippen LogP contribution in [0.2, 0.25) is 0 Å². The number of nitrogens with zero attached hydrogens (tertiary/aromatic N) is 2. The SMILES string of the molecule is CCCC(C)NC(=O)Cn1cc(Br)c(N)n1. The average Bonchev–Trinajstić information content (AvgIpc) is 2.45. The molecule has 90 valence electrons. The predicted molar refractivity (Wildman–Crippen MR) is 66.9 cm³/mol. The molecule has 5 nitrogen and oxygen atoms in total. The lowest BCUT2D eigenvalue weighted by molar-refractivity contribution is -0.122. The Balaban J connectivity index is 2.45. The Morgan fingerprint density at radius 2 is 2.44 bits per heavy atom. The molecule has 0 spiro atoms. The van der Waals surface area contributed by atoms with Gasteiger partial charge in [-0.2, -0.15) is 5.10 Å². The van der Waals surface area contributed by atoms with Gasteiger partial charge in [0.05, 0.1) is 4.47 Å². The fourth-order valence-electron chi connectivity index (χ4n) is 1.47. The summed E-state index contributed by atoms with van der Waals surface area (Å²) in [6.07, 6.45) is 3.73. The molecule has 1 unspecified atom stereocenters. The number of amides is 1. The number of nitrogens with two attached hydrogens (primary N) is 1. The van der Waals surface area contributed by atoms with Crippen LogP contribution in [0.15, 0.2) is 10.7 Å². The second kappa shape index (κ2) is 5.89. The van der Waals surface area contributed by atoms with Gasteiger partial charge in [0, 0.05) is 12.2 Å². The zero-order valence-electron chi connectivity index (χ0n) is 9.53. The summed E-state index contributed by atoms with van der Waals surface area (Å²) in [6, 6.07) is 0.203. The maximum Gasteiger partial charge on any atom is 0.241 e. The molecule has 3 N–H and O–H groups in total. The lowest BCUT2D eigenvalue weighted by Gasteiger charge is -2.12. The van der Waals surface area contributed by atoms with Crippen molar-refractivity contribution in [1.29, 1.82) is 0 Å². The van der Waals surface area contributed by atoms with Gasteiger partial charge in [-0.05, 0) is 29.3 Å². The Hall–Kier alpha value is -1.04. The molecule has 1 atom stereocenters. The number of aromatic nitrogens is 2. The molecule has 0 aliphatic heterocycles. The molecule has 0 fully saturated rings. The van der Waals surface area contributed by atoms with Crippen LogP contribution in [-0.4, -0.2) is 21.7 Å². The summed E-state index contributed by atoms with van der Waals surface area (Å²) in [7, 11) is 0. The zero-order valence-corrected chi connectivity index (χ0v) is 11.1. The van der Waals surface area contributed by atoms with Crippen molar-refractivity contribution in [2.24, 2.45) is 0 Å². The molecule has 0 aliphatic carbocycles. The molecule has 0 radical (unpaired) electrons. The molecule has 0 aliphatic rings. The van der Waals surface area contributed by atoms with E-state index in [1.54, 1.807) is 6.20 Å². The van der Waals surface area contributed by atoms with E-state index < -0.39 is 0 Å². The topological polar surface area (TPSA) is 72.9 Å². The van der Waals surface area contributed by atoms with Crippen LogP contribution in [0, 0.1) is 0 Å². The molecule has 1 heterocycles. The highest BCUT2D eigenvalue weighted by atomic mass is 79.9. The van der Waals surface area contributed by atoms with Crippen molar-refractivity contribution in [3.8, 4) is 0 Å². The molecule has 6 heteroatoms. The standard InChI is InChI=1S/C10H17BrN4O/c1-3-4-7(2)13-9(16)6-15-5-8(11)10(12)14-15/h5,7H,3-4,6H2,1-2H3,(H2,12,14)(H,13,16). The van der Waals surface area contributed by atoms with Crippen molar-refractivity contribution >= 4 is 27.7 Å². The van der Waals surface area contributed by atoms with Crippen LogP contribution in [0.4, 0.5) is 5.82 Å². The molecule has 0 saturated heterocycles. The minimum atomic E-state index is -0.0454. The molecule has 0 aromatic carbocycles. The molecule has 16 heavy (non-hydrogen) atoms. The quantitative estimate of drug-likeness (QED) is 0.863. The van der Waals surface area contributed by atoms with Crippen LogP contribution in [0.1, 0.15) is 26.7 Å². The molecule has 1 amide bonds. The van der Waals surface area contributed by atoms with E-state index in [4.69, 9.17) is 5.73 Å². The second-order valence-electron chi connectivity index (χ2n) is 3.82. The third kappa shape index (κ3) is 3.84. The van der Waals surface area contributed by atoms with Gasteiger partial charge < -0.3 is 11.1 Å². The molecule has 1 aromatic heterocycles. The molecular weight excluding hydrogens is 272 g/mol. The summed E-state index contributed by atoms with van der Waals surface area (Å²) in [5.41, 5.74) is 5.55. The van der Waals surface area contributed by atoms with Gasteiger partial charge in [0.1, 0.15) is 6.54 Å². The van der Waals surface area contributed by atoms with Crippen LogP contribution < -0.4 is 11.1 Å². The van der Waals surface area contributed by atoms with E-state index in [0.29, 0.717) is 10.3 Å². The number of halogens is 1. The zero-order chi connectivity index (χ0) is 12.1. The van der Waals surface area contributed by atoms with Gasteiger partial charge in [-0.3, -0.25) is 9.48 Å². The van der Waals surface area contributed by atoms with E-state index in [-0.39, 0.29) is 18.5 Å². The Morgan fingerprint density at radius 3 is 2.94 bits per heavy atom. The first-order valence-electron chi connectivity index (χ1n) is 5.30. The van der Waals surface area contributed by atoms with E-state index in [0.717, 1.165) is 12.8 Å². The fraction of sp³-hybridized carbons (Fsp3) is 0.600. The van der Waals surface area contributed by atoms with Crippen molar-refractivity contribution in [2.75, 3.05) is 5.73 Å². The Bertz CT molecular complexity index is 344. The number of nitrogen functional groups attached to an aromatic ring is 1. The number of rotatable bonds is 5. The van der Waals surface area contributed by atoms with Crippen LogP contribution in [0.3, 0.4) is 0 Å².